The summed E-state index contributed by atoms with van der Waals surface area (Å²) in [6.45, 7) is 2.17. The van der Waals surface area contributed by atoms with Gasteiger partial charge < -0.3 is 0 Å². The Hall–Kier alpha value is -1.16. The van der Waals surface area contributed by atoms with E-state index in [0.717, 1.165) is 12.8 Å². The molecule has 3 N–H and O–H groups in total. The van der Waals surface area contributed by atoms with Crippen molar-refractivity contribution in [1.82, 2.24) is 5.43 Å². The molecule has 0 saturated carbocycles. The lowest BCUT2D eigenvalue weighted by Gasteiger charge is -2.14. The summed E-state index contributed by atoms with van der Waals surface area (Å²) in [5.74, 6) is 5.62. The van der Waals surface area contributed by atoms with Crippen molar-refractivity contribution in [3.05, 3.63) is 57.8 Å². The maximum atomic E-state index is 5.62. The Labute approximate surface area is 106 Å². The first-order valence-electron chi connectivity index (χ1n) is 5.89. The molecule has 90 valence electrons. The number of thiophene rings is 1. The van der Waals surface area contributed by atoms with Gasteiger partial charge in [-0.25, -0.2) is 0 Å². The molecule has 1 aromatic carbocycles. The molecule has 3 heteroatoms. The number of benzene rings is 1. The van der Waals surface area contributed by atoms with Gasteiger partial charge in [-0.05, 0) is 46.4 Å². The van der Waals surface area contributed by atoms with Crippen molar-refractivity contribution in [1.29, 1.82) is 0 Å². The van der Waals surface area contributed by atoms with E-state index in [9.17, 15) is 0 Å². The molecule has 0 amide bonds. The minimum absolute atomic E-state index is 0.203. The third-order valence-electron chi connectivity index (χ3n) is 3.02. The summed E-state index contributed by atoms with van der Waals surface area (Å²) in [4.78, 5) is 0. The minimum atomic E-state index is 0.203. The van der Waals surface area contributed by atoms with E-state index in [2.05, 4.69) is 53.4 Å². The maximum Gasteiger partial charge on any atom is 0.0508 e. The van der Waals surface area contributed by atoms with Crippen LogP contribution in [-0.4, -0.2) is 0 Å². The van der Waals surface area contributed by atoms with Gasteiger partial charge in [-0.15, -0.1) is 0 Å². The molecule has 1 heterocycles. The van der Waals surface area contributed by atoms with Gasteiger partial charge in [0, 0.05) is 0 Å². The molecule has 0 saturated heterocycles. The summed E-state index contributed by atoms with van der Waals surface area (Å²) in [6, 6.07) is 11.1. The lowest BCUT2D eigenvalue weighted by Crippen LogP contribution is -2.29. The fourth-order valence-electron chi connectivity index (χ4n) is 1.89. The summed E-state index contributed by atoms with van der Waals surface area (Å²) in [5.41, 5.74) is 6.84. The molecule has 0 spiro atoms. The van der Waals surface area contributed by atoms with Gasteiger partial charge >= 0.3 is 0 Å². The summed E-state index contributed by atoms with van der Waals surface area (Å²) in [7, 11) is 0. The molecule has 1 atom stereocenters. The lowest BCUT2D eigenvalue weighted by atomic mass is 10.0. The van der Waals surface area contributed by atoms with Crippen LogP contribution in [0.5, 0.6) is 0 Å². The van der Waals surface area contributed by atoms with Crippen LogP contribution in [0.4, 0.5) is 0 Å². The number of rotatable bonds is 5. The lowest BCUT2D eigenvalue weighted by molar-refractivity contribution is 0.553. The van der Waals surface area contributed by atoms with Gasteiger partial charge in [-0.3, -0.25) is 11.3 Å². The van der Waals surface area contributed by atoms with Gasteiger partial charge in [0.25, 0.3) is 0 Å². The molecular formula is C14H18N2S. The van der Waals surface area contributed by atoms with E-state index in [1.807, 2.05) is 0 Å². The van der Waals surface area contributed by atoms with Crippen molar-refractivity contribution in [3.63, 3.8) is 0 Å². The van der Waals surface area contributed by atoms with Gasteiger partial charge in [0.2, 0.25) is 0 Å². The third kappa shape index (κ3) is 3.16. The molecular weight excluding hydrogens is 228 g/mol. The molecule has 0 aliphatic rings. The molecule has 2 aromatic rings. The first kappa shape index (κ1) is 12.3. The van der Waals surface area contributed by atoms with Crippen LogP contribution in [-0.2, 0) is 12.8 Å². The summed E-state index contributed by atoms with van der Waals surface area (Å²) >= 11 is 1.70. The Kier molecular flexibility index (Phi) is 4.31. The highest BCUT2D eigenvalue weighted by Gasteiger charge is 2.10. The van der Waals surface area contributed by atoms with Gasteiger partial charge in [0.1, 0.15) is 0 Å². The van der Waals surface area contributed by atoms with Crippen molar-refractivity contribution < 1.29 is 0 Å². The second-order valence-corrected chi connectivity index (χ2v) is 4.93. The third-order valence-corrected chi connectivity index (χ3v) is 3.72. The normalized spacial score (nSPS) is 12.6. The Bertz CT molecular complexity index is 434. The number of aryl methyl sites for hydroxylation is 1. The number of nitrogens with one attached hydrogen (secondary N) is 1. The average molecular weight is 246 g/mol. The zero-order chi connectivity index (χ0) is 12.1. The molecule has 0 aliphatic carbocycles. The van der Waals surface area contributed by atoms with Crippen LogP contribution in [0.1, 0.15) is 29.7 Å². The second-order valence-electron chi connectivity index (χ2n) is 4.15. The van der Waals surface area contributed by atoms with E-state index in [-0.39, 0.29) is 6.04 Å². The van der Waals surface area contributed by atoms with Crippen molar-refractivity contribution in [2.75, 3.05) is 0 Å². The molecule has 0 fully saturated rings. The van der Waals surface area contributed by atoms with E-state index in [0.29, 0.717) is 0 Å². The first-order valence-corrected chi connectivity index (χ1v) is 6.83. The highest BCUT2D eigenvalue weighted by molar-refractivity contribution is 7.07. The number of nitrogens with two attached hydrogens (primary N) is 1. The van der Waals surface area contributed by atoms with Crippen LogP contribution >= 0.6 is 11.3 Å². The Morgan fingerprint density at radius 3 is 2.41 bits per heavy atom. The topological polar surface area (TPSA) is 38.0 Å². The van der Waals surface area contributed by atoms with Crippen molar-refractivity contribution in [3.8, 4) is 0 Å². The highest BCUT2D eigenvalue weighted by Crippen LogP contribution is 2.20. The number of hydrogen-bond acceptors (Lipinski definition) is 3. The van der Waals surface area contributed by atoms with E-state index >= 15 is 0 Å². The quantitative estimate of drug-likeness (QED) is 0.628. The fourth-order valence-corrected chi connectivity index (χ4v) is 2.61. The van der Waals surface area contributed by atoms with Gasteiger partial charge in [-0.2, -0.15) is 11.3 Å². The van der Waals surface area contributed by atoms with E-state index in [4.69, 9.17) is 5.84 Å². The molecule has 0 aliphatic heterocycles. The predicted octanol–water partition coefficient (Wildman–Crippen LogP) is 3.06. The fraction of sp³-hybridized carbons (Fsp3) is 0.286. The maximum absolute atomic E-state index is 5.62. The minimum Gasteiger partial charge on any atom is -0.271 e. The van der Waals surface area contributed by atoms with E-state index in [1.165, 1.54) is 16.7 Å². The van der Waals surface area contributed by atoms with E-state index in [1.54, 1.807) is 11.3 Å². The van der Waals surface area contributed by atoms with Gasteiger partial charge in [0.15, 0.2) is 0 Å². The Balaban J connectivity index is 2.07. The molecule has 17 heavy (non-hydrogen) atoms. The van der Waals surface area contributed by atoms with Gasteiger partial charge in [-0.1, -0.05) is 31.2 Å². The summed E-state index contributed by atoms with van der Waals surface area (Å²) < 4.78 is 0. The predicted molar refractivity (Wildman–Crippen MR) is 73.9 cm³/mol. The SMILES string of the molecule is CCc1ccc(CC(NN)c2ccsc2)cc1. The van der Waals surface area contributed by atoms with Crippen LogP contribution in [0.2, 0.25) is 0 Å². The molecule has 0 bridgehead atoms. The Morgan fingerprint density at radius 1 is 1.18 bits per heavy atom. The number of hydrogen-bond donors (Lipinski definition) is 2. The van der Waals surface area contributed by atoms with Crippen molar-refractivity contribution in [2.45, 2.75) is 25.8 Å². The zero-order valence-electron chi connectivity index (χ0n) is 10.0. The molecule has 2 rings (SSSR count). The van der Waals surface area contributed by atoms with Crippen LogP contribution in [0.15, 0.2) is 41.1 Å². The second kappa shape index (κ2) is 5.96. The van der Waals surface area contributed by atoms with Crippen LogP contribution in [0.3, 0.4) is 0 Å². The van der Waals surface area contributed by atoms with Crippen LogP contribution in [0, 0.1) is 0 Å². The smallest absolute Gasteiger partial charge is 0.0508 e. The average Bonchev–Trinajstić information content (AvgIpc) is 2.90. The Morgan fingerprint density at radius 2 is 1.88 bits per heavy atom. The van der Waals surface area contributed by atoms with Crippen molar-refractivity contribution >= 4 is 11.3 Å². The summed E-state index contributed by atoms with van der Waals surface area (Å²) in [6.07, 6.45) is 2.01. The molecule has 0 radical (unpaired) electrons. The molecule has 1 aromatic heterocycles. The standard InChI is InChI=1S/C14H18N2S/c1-2-11-3-5-12(6-4-11)9-14(16-15)13-7-8-17-10-13/h3-8,10,14,16H,2,9,15H2,1H3. The van der Waals surface area contributed by atoms with Crippen molar-refractivity contribution in [2.24, 2.45) is 5.84 Å². The van der Waals surface area contributed by atoms with Crippen LogP contribution < -0.4 is 11.3 Å². The van der Waals surface area contributed by atoms with Crippen LogP contribution in [0.25, 0.3) is 0 Å². The molecule has 1 unspecified atom stereocenters. The summed E-state index contributed by atoms with van der Waals surface area (Å²) in [5, 5.41) is 4.23. The van der Waals surface area contributed by atoms with Gasteiger partial charge in [0.05, 0.1) is 6.04 Å². The zero-order valence-corrected chi connectivity index (χ0v) is 10.8. The number of hydrazine groups is 1. The molecule has 2 nitrogen and oxygen atoms in total. The highest BCUT2D eigenvalue weighted by atomic mass is 32.1. The van der Waals surface area contributed by atoms with E-state index < -0.39 is 0 Å². The first-order chi connectivity index (χ1) is 8.33. The monoisotopic (exact) mass is 246 g/mol. The largest absolute Gasteiger partial charge is 0.271 e.